The van der Waals surface area contributed by atoms with Gasteiger partial charge in [-0.3, -0.25) is 30.4 Å². The van der Waals surface area contributed by atoms with E-state index in [2.05, 4.69) is 20.6 Å². The fourth-order valence-electron chi connectivity index (χ4n) is 2.86. The summed E-state index contributed by atoms with van der Waals surface area (Å²) in [7, 11) is -2.59. The first-order valence-corrected chi connectivity index (χ1v) is 11.3. The van der Waals surface area contributed by atoms with Gasteiger partial charge in [0.2, 0.25) is 0 Å². The van der Waals surface area contributed by atoms with Crippen molar-refractivity contribution >= 4 is 56.3 Å². The maximum Gasteiger partial charge on any atom is 0.295 e. The molecular weight excluding hydrogens is 488 g/mol. The summed E-state index contributed by atoms with van der Waals surface area (Å²) < 4.78 is 27.6. The normalized spacial score (nSPS) is 11.2. The lowest BCUT2D eigenvalue weighted by Gasteiger charge is -2.09. The van der Waals surface area contributed by atoms with Gasteiger partial charge < -0.3 is 5.32 Å². The number of anilines is 3. The monoisotopic (exact) mass is 504 g/mol. The third-order valence-electron chi connectivity index (χ3n) is 4.44. The van der Waals surface area contributed by atoms with E-state index in [1.807, 2.05) is 0 Å². The van der Waals surface area contributed by atoms with E-state index in [9.17, 15) is 28.6 Å². The van der Waals surface area contributed by atoms with Crippen LogP contribution in [0, 0.1) is 20.2 Å². The number of halogens is 1. The molecule has 0 saturated heterocycles. The third-order valence-corrected chi connectivity index (χ3v) is 6.05. The number of benzene rings is 3. The number of nitrogens with zero attached hydrogens (tertiary/aromatic N) is 3. The first kappa shape index (κ1) is 24.4. The number of nitro benzene ring substituents is 2. The van der Waals surface area contributed by atoms with Crippen LogP contribution in [-0.2, 0) is 10.0 Å². The highest BCUT2D eigenvalue weighted by Crippen LogP contribution is 2.29. The van der Waals surface area contributed by atoms with Crippen molar-refractivity contribution in [3.63, 3.8) is 0 Å². The fourth-order valence-corrected chi connectivity index (χ4v) is 4.12. The van der Waals surface area contributed by atoms with Crippen molar-refractivity contribution in [1.82, 2.24) is 0 Å². The topological polar surface area (TPSA) is 169 Å². The highest BCUT2D eigenvalue weighted by atomic mass is 35.5. The van der Waals surface area contributed by atoms with Crippen LogP contribution < -0.4 is 15.5 Å². The minimum Gasteiger partial charge on any atom is -0.383 e. The smallest absolute Gasteiger partial charge is 0.295 e. The van der Waals surface area contributed by atoms with E-state index in [0.717, 1.165) is 6.07 Å². The summed E-state index contributed by atoms with van der Waals surface area (Å²) in [5.41, 5.74) is 2.55. The number of nitrogens with one attached hydrogen (secondary N) is 3. The molecule has 0 fully saturated rings. The Morgan fingerprint density at radius 3 is 2.26 bits per heavy atom. The summed E-state index contributed by atoms with van der Waals surface area (Å²) in [5, 5.41) is 29.6. The van der Waals surface area contributed by atoms with E-state index in [4.69, 9.17) is 11.6 Å². The van der Waals surface area contributed by atoms with Crippen LogP contribution in [0.2, 0.25) is 5.02 Å². The molecule has 3 aromatic carbocycles. The van der Waals surface area contributed by atoms with Crippen LogP contribution in [0.15, 0.2) is 70.7 Å². The molecule has 0 saturated carbocycles. The minimum atomic E-state index is -4.13. The van der Waals surface area contributed by atoms with E-state index >= 15 is 0 Å². The van der Waals surface area contributed by atoms with Gasteiger partial charge in [0.1, 0.15) is 11.4 Å². The molecule has 0 spiro atoms. The molecular formula is C20H17ClN6O6S. The van der Waals surface area contributed by atoms with Crippen molar-refractivity contribution in [3.8, 4) is 0 Å². The Bertz CT molecular complexity index is 1400. The number of nitro groups is 2. The second-order valence-corrected chi connectivity index (χ2v) is 8.82. The van der Waals surface area contributed by atoms with Gasteiger partial charge in [0.05, 0.1) is 26.6 Å². The lowest BCUT2D eigenvalue weighted by atomic mass is 10.2. The lowest BCUT2D eigenvalue weighted by molar-refractivity contribution is -0.384. The van der Waals surface area contributed by atoms with Crippen molar-refractivity contribution in [2.75, 3.05) is 22.5 Å². The Kier molecular flexibility index (Phi) is 7.28. The van der Waals surface area contributed by atoms with Crippen molar-refractivity contribution in [2.45, 2.75) is 4.90 Å². The van der Waals surface area contributed by atoms with E-state index in [0.29, 0.717) is 16.3 Å². The Hall–Kier alpha value is -4.23. The second kappa shape index (κ2) is 10.1. The van der Waals surface area contributed by atoms with E-state index in [1.165, 1.54) is 42.6 Å². The van der Waals surface area contributed by atoms with Gasteiger partial charge >= 0.3 is 0 Å². The number of hydrazone groups is 1. The van der Waals surface area contributed by atoms with Gasteiger partial charge in [0, 0.05) is 29.8 Å². The zero-order chi connectivity index (χ0) is 24.9. The molecule has 0 aliphatic carbocycles. The average molecular weight is 505 g/mol. The van der Waals surface area contributed by atoms with Gasteiger partial charge in [-0.05, 0) is 36.4 Å². The molecule has 0 aliphatic rings. The zero-order valence-electron chi connectivity index (χ0n) is 17.4. The van der Waals surface area contributed by atoms with E-state index in [-0.39, 0.29) is 22.0 Å². The molecule has 14 heteroatoms. The largest absolute Gasteiger partial charge is 0.383 e. The Morgan fingerprint density at radius 1 is 0.941 bits per heavy atom. The SMILES string of the molecule is CNc1ccc(/C=N\Nc2ccc(S(=O)(=O)Nc3cccc(Cl)c3)cc2[N+](=O)[O-])cc1[N+](=O)[O-]. The van der Waals surface area contributed by atoms with Crippen molar-refractivity contribution < 1.29 is 18.3 Å². The second-order valence-electron chi connectivity index (χ2n) is 6.71. The van der Waals surface area contributed by atoms with Gasteiger partial charge in [-0.25, -0.2) is 8.42 Å². The molecule has 3 aromatic rings. The van der Waals surface area contributed by atoms with Crippen molar-refractivity contribution in [3.05, 3.63) is 91.5 Å². The van der Waals surface area contributed by atoms with Crippen LogP contribution in [-0.4, -0.2) is 31.5 Å². The van der Waals surface area contributed by atoms with Gasteiger partial charge in [-0.2, -0.15) is 5.10 Å². The average Bonchev–Trinajstić information content (AvgIpc) is 2.78. The van der Waals surface area contributed by atoms with Gasteiger partial charge in [-0.1, -0.05) is 23.7 Å². The number of hydrogen-bond donors (Lipinski definition) is 3. The molecule has 0 radical (unpaired) electrons. The molecule has 34 heavy (non-hydrogen) atoms. The molecule has 0 bridgehead atoms. The van der Waals surface area contributed by atoms with E-state index in [1.54, 1.807) is 25.2 Å². The van der Waals surface area contributed by atoms with Crippen LogP contribution in [0.5, 0.6) is 0 Å². The quantitative estimate of drug-likeness (QED) is 0.218. The molecule has 0 amide bonds. The summed E-state index contributed by atoms with van der Waals surface area (Å²) in [6.45, 7) is 0. The molecule has 0 aromatic heterocycles. The third kappa shape index (κ3) is 5.76. The molecule has 0 unspecified atom stereocenters. The molecule has 0 atom stereocenters. The zero-order valence-corrected chi connectivity index (χ0v) is 19.0. The summed E-state index contributed by atoms with van der Waals surface area (Å²) >= 11 is 5.86. The summed E-state index contributed by atoms with van der Waals surface area (Å²) in [5.74, 6) is 0. The summed E-state index contributed by atoms with van der Waals surface area (Å²) in [4.78, 5) is 21.0. The van der Waals surface area contributed by atoms with Crippen LogP contribution in [0.4, 0.5) is 28.4 Å². The fraction of sp³-hybridized carbons (Fsp3) is 0.0500. The predicted molar refractivity (Wildman–Crippen MR) is 129 cm³/mol. The maximum atomic E-state index is 12.7. The van der Waals surface area contributed by atoms with Gasteiger partial charge in [0.15, 0.2) is 0 Å². The molecule has 3 rings (SSSR count). The Balaban J connectivity index is 1.84. The molecule has 12 nitrogen and oxygen atoms in total. The number of sulfonamides is 1. The first-order valence-electron chi connectivity index (χ1n) is 9.43. The minimum absolute atomic E-state index is 0.0794. The van der Waals surface area contributed by atoms with Crippen LogP contribution >= 0.6 is 11.6 Å². The van der Waals surface area contributed by atoms with Crippen LogP contribution in [0.3, 0.4) is 0 Å². The lowest BCUT2D eigenvalue weighted by Crippen LogP contribution is -2.13. The summed E-state index contributed by atoms with van der Waals surface area (Å²) in [6.07, 6.45) is 1.24. The number of hydrogen-bond acceptors (Lipinski definition) is 9. The van der Waals surface area contributed by atoms with Gasteiger partial charge in [0.25, 0.3) is 21.4 Å². The van der Waals surface area contributed by atoms with Crippen LogP contribution in [0.1, 0.15) is 5.56 Å². The van der Waals surface area contributed by atoms with Crippen LogP contribution in [0.25, 0.3) is 0 Å². The maximum absolute atomic E-state index is 12.7. The van der Waals surface area contributed by atoms with Gasteiger partial charge in [-0.15, -0.1) is 0 Å². The highest BCUT2D eigenvalue weighted by Gasteiger charge is 2.22. The Morgan fingerprint density at radius 2 is 1.62 bits per heavy atom. The molecule has 0 heterocycles. The first-order chi connectivity index (χ1) is 16.1. The van der Waals surface area contributed by atoms with Crippen molar-refractivity contribution in [1.29, 1.82) is 0 Å². The molecule has 176 valence electrons. The molecule has 3 N–H and O–H groups in total. The molecule has 0 aliphatic heterocycles. The summed E-state index contributed by atoms with van der Waals surface area (Å²) in [6, 6.07) is 13.6. The van der Waals surface area contributed by atoms with E-state index < -0.39 is 25.6 Å². The standard InChI is InChI=1S/C20H17ClN6O6S/c1-22-17-7-5-13(9-19(17)26(28)29)12-23-24-18-8-6-16(11-20(18)27(30)31)34(32,33)25-15-4-2-3-14(21)10-15/h2-12,22,24-25H,1H3/b23-12-. The Labute approximate surface area is 198 Å². The predicted octanol–water partition coefficient (Wildman–Crippen LogP) is 4.44. The highest BCUT2D eigenvalue weighted by molar-refractivity contribution is 7.92. The number of rotatable bonds is 9. The van der Waals surface area contributed by atoms with Crippen molar-refractivity contribution in [2.24, 2.45) is 5.10 Å².